The summed E-state index contributed by atoms with van der Waals surface area (Å²) in [4.78, 5) is 12.3. The van der Waals surface area contributed by atoms with Gasteiger partial charge in [-0.05, 0) is 54.2 Å². The van der Waals surface area contributed by atoms with Gasteiger partial charge in [-0.3, -0.25) is 4.79 Å². The predicted molar refractivity (Wildman–Crippen MR) is 95.0 cm³/mol. The molecule has 1 heterocycles. The van der Waals surface area contributed by atoms with Gasteiger partial charge in [-0.15, -0.1) is 5.10 Å². The first-order valence-electron chi connectivity index (χ1n) is 8.81. The molecule has 1 saturated carbocycles. The highest BCUT2D eigenvalue weighted by Gasteiger charge is 2.42. The Morgan fingerprint density at radius 1 is 1.35 bits per heavy atom. The maximum Gasteiger partial charge on any atom is 0.246 e. The molecule has 26 heavy (non-hydrogen) atoms. The van der Waals surface area contributed by atoms with Crippen molar-refractivity contribution in [3.63, 3.8) is 0 Å². The molecule has 2 aromatic rings. The molecule has 3 rings (SSSR count). The average Bonchev–Trinajstić information content (AvgIpc) is 3.15. The van der Waals surface area contributed by atoms with Gasteiger partial charge in [0.25, 0.3) is 0 Å². The van der Waals surface area contributed by atoms with Crippen LogP contribution in [0.25, 0.3) is 5.69 Å². The molecular formula is C18H25N5O3. The van der Waals surface area contributed by atoms with Crippen LogP contribution >= 0.6 is 0 Å². The molecule has 0 radical (unpaired) electrons. The summed E-state index contributed by atoms with van der Waals surface area (Å²) >= 11 is 0. The van der Waals surface area contributed by atoms with Crippen molar-refractivity contribution in [1.82, 2.24) is 25.5 Å². The van der Waals surface area contributed by atoms with Gasteiger partial charge in [0.1, 0.15) is 17.9 Å². The molecule has 140 valence electrons. The number of ether oxygens (including phenoxy) is 2. The third-order valence-electron chi connectivity index (χ3n) is 4.98. The monoisotopic (exact) mass is 359 g/mol. The molecule has 0 bridgehead atoms. The maximum absolute atomic E-state index is 12.3. The summed E-state index contributed by atoms with van der Waals surface area (Å²) in [5.74, 6) is 1.81. The average molecular weight is 359 g/mol. The predicted octanol–water partition coefficient (Wildman–Crippen LogP) is 1.84. The molecular weight excluding hydrogens is 334 g/mol. The molecule has 1 aliphatic carbocycles. The zero-order valence-electron chi connectivity index (χ0n) is 15.4. The fraction of sp³-hybridized carbons (Fsp3) is 0.556. The van der Waals surface area contributed by atoms with E-state index in [1.165, 1.54) is 7.11 Å². The van der Waals surface area contributed by atoms with Gasteiger partial charge in [-0.2, -0.15) is 4.68 Å². The second kappa shape index (κ2) is 7.82. The number of aromatic nitrogens is 4. The molecule has 1 fully saturated rings. The van der Waals surface area contributed by atoms with Crippen LogP contribution in [-0.4, -0.2) is 46.9 Å². The van der Waals surface area contributed by atoms with E-state index < -0.39 is 5.54 Å². The van der Waals surface area contributed by atoms with Crippen molar-refractivity contribution in [3.8, 4) is 11.4 Å². The second-order valence-corrected chi connectivity index (χ2v) is 6.86. The first-order chi connectivity index (χ1) is 12.6. The number of hydrogen-bond acceptors (Lipinski definition) is 6. The van der Waals surface area contributed by atoms with E-state index in [0.29, 0.717) is 11.7 Å². The fourth-order valence-corrected chi connectivity index (χ4v) is 3.50. The minimum absolute atomic E-state index is 0.0119. The normalized spacial score (nSPS) is 22.8. The first kappa shape index (κ1) is 18.3. The van der Waals surface area contributed by atoms with Crippen LogP contribution in [0.15, 0.2) is 24.3 Å². The number of methoxy groups -OCH3 is 2. The SMILES string of the molecule is COCC(=O)NC1(c2nnnn2-c2cccc(OC)c2)CCC(C)CC1. The third kappa shape index (κ3) is 3.70. The Kier molecular flexibility index (Phi) is 5.51. The summed E-state index contributed by atoms with van der Waals surface area (Å²) in [6, 6.07) is 7.54. The molecule has 0 spiro atoms. The second-order valence-electron chi connectivity index (χ2n) is 6.86. The lowest BCUT2D eigenvalue weighted by Gasteiger charge is -2.38. The van der Waals surface area contributed by atoms with E-state index >= 15 is 0 Å². The van der Waals surface area contributed by atoms with Crippen molar-refractivity contribution in [2.45, 2.75) is 38.1 Å². The minimum atomic E-state index is -0.602. The van der Waals surface area contributed by atoms with E-state index in [4.69, 9.17) is 9.47 Å². The van der Waals surface area contributed by atoms with Gasteiger partial charge in [0, 0.05) is 13.2 Å². The first-order valence-corrected chi connectivity index (χ1v) is 8.81. The molecule has 8 heteroatoms. The number of hydrogen-bond donors (Lipinski definition) is 1. The van der Waals surface area contributed by atoms with Crippen LogP contribution in [0.4, 0.5) is 0 Å². The Labute approximate surface area is 152 Å². The summed E-state index contributed by atoms with van der Waals surface area (Å²) in [5, 5.41) is 15.5. The van der Waals surface area contributed by atoms with Crippen molar-refractivity contribution < 1.29 is 14.3 Å². The number of tetrazole rings is 1. The zero-order valence-corrected chi connectivity index (χ0v) is 15.4. The van der Waals surface area contributed by atoms with Crippen molar-refractivity contribution in [3.05, 3.63) is 30.1 Å². The summed E-state index contributed by atoms with van der Waals surface area (Å²) in [6.07, 6.45) is 3.57. The number of carbonyl (C=O) groups is 1. The smallest absolute Gasteiger partial charge is 0.246 e. The van der Waals surface area contributed by atoms with Gasteiger partial charge in [0.15, 0.2) is 5.82 Å². The Bertz CT molecular complexity index is 753. The summed E-state index contributed by atoms with van der Waals surface area (Å²) in [7, 11) is 3.13. The molecule has 1 aromatic carbocycles. The molecule has 0 saturated heterocycles. The lowest BCUT2D eigenvalue weighted by Crippen LogP contribution is -2.50. The zero-order chi connectivity index (χ0) is 18.6. The highest BCUT2D eigenvalue weighted by atomic mass is 16.5. The maximum atomic E-state index is 12.3. The van der Waals surface area contributed by atoms with Gasteiger partial charge < -0.3 is 14.8 Å². The van der Waals surface area contributed by atoms with Crippen LogP contribution in [0, 0.1) is 5.92 Å². The molecule has 1 aromatic heterocycles. The van der Waals surface area contributed by atoms with E-state index in [2.05, 4.69) is 27.8 Å². The Hall–Kier alpha value is -2.48. The molecule has 0 atom stereocenters. The summed E-state index contributed by atoms with van der Waals surface area (Å²) in [5.41, 5.74) is 0.192. The molecule has 1 N–H and O–H groups in total. The van der Waals surface area contributed by atoms with Crippen LogP contribution in [0.3, 0.4) is 0 Å². The minimum Gasteiger partial charge on any atom is -0.497 e. The van der Waals surface area contributed by atoms with Gasteiger partial charge in [-0.25, -0.2) is 0 Å². The number of carbonyl (C=O) groups excluding carboxylic acids is 1. The molecule has 0 aliphatic heterocycles. The van der Waals surface area contributed by atoms with Crippen molar-refractivity contribution in [2.75, 3.05) is 20.8 Å². The van der Waals surface area contributed by atoms with Gasteiger partial charge in [-0.1, -0.05) is 13.0 Å². The van der Waals surface area contributed by atoms with E-state index in [0.717, 1.165) is 37.1 Å². The van der Waals surface area contributed by atoms with E-state index in [-0.39, 0.29) is 12.5 Å². The lowest BCUT2D eigenvalue weighted by molar-refractivity contribution is -0.127. The molecule has 1 aliphatic rings. The highest BCUT2D eigenvalue weighted by Crippen LogP contribution is 2.39. The van der Waals surface area contributed by atoms with E-state index in [1.54, 1.807) is 11.8 Å². The number of amides is 1. The lowest BCUT2D eigenvalue weighted by atomic mass is 9.76. The van der Waals surface area contributed by atoms with Crippen molar-refractivity contribution in [1.29, 1.82) is 0 Å². The number of nitrogens with one attached hydrogen (secondary N) is 1. The molecule has 1 amide bonds. The Balaban J connectivity index is 2.00. The number of nitrogens with zero attached hydrogens (tertiary/aromatic N) is 4. The fourth-order valence-electron chi connectivity index (χ4n) is 3.50. The van der Waals surface area contributed by atoms with E-state index in [9.17, 15) is 4.79 Å². The highest BCUT2D eigenvalue weighted by molar-refractivity contribution is 5.78. The largest absolute Gasteiger partial charge is 0.497 e. The van der Waals surface area contributed by atoms with Crippen LogP contribution in [-0.2, 0) is 15.1 Å². The standard InChI is InChI=1S/C18H25N5O3/c1-13-7-9-18(10-8-13,19-16(24)12-25-2)17-20-21-22-23(17)14-5-4-6-15(11-14)26-3/h4-6,11,13H,7-10,12H2,1-3H3,(H,19,24). The van der Waals surface area contributed by atoms with Crippen LogP contribution < -0.4 is 10.1 Å². The quantitative estimate of drug-likeness (QED) is 0.846. The van der Waals surface area contributed by atoms with E-state index in [1.807, 2.05) is 24.3 Å². The number of benzene rings is 1. The van der Waals surface area contributed by atoms with Gasteiger partial charge >= 0.3 is 0 Å². The van der Waals surface area contributed by atoms with Crippen LogP contribution in [0.2, 0.25) is 0 Å². The summed E-state index contributed by atoms with van der Waals surface area (Å²) < 4.78 is 12.0. The Morgan fingerprint density at radius 3 is 2.81 bits per heavy atom. The Morgan fingerprint density at radius 2 is 2.12 bits per heavy atom. The van der Waals surface area contributed by atoms with Crippen molar-refractivity contribution in [2.24, 2.45) is 5.92 Å². The van der Waals surface area contributed by atoms with Gasteiger partial charge in [0.05, 0.1) is 12.8 Å². The van der Waals surface area contributed by atoms with Gasteiger partial charge in [0.2, 0.25) is 5.91 Å². The molecule has 0 unspecified atom stereocenters. The topological polar surface area (TPSA) is 91.2 Å². The number of rotatable bonds is 6. The third-order valence-corrected chi connectivity index (χ3v) is 4.98. The van der Waals surface area contributed by atoms with Crippen molar-refractivity contribution >= 4 is 5.91 Å². The van der Waals surface area contributed by atoms with Crippen LogP contribution in [0.5, 0.6) is 5.75 Å². The molecule has 8 nitrogen and oxygen atoms in total. The summed E-state index contributed by atoms with van der Waals surface area (Å²) in [6.45, 7) is 2.24. The van der Waals surface area contributed by atoms with Crippen LogP contribution in [0.1, 0.15) is 38.4 Å².